The van der Waals surface area contributed by atoms with Crippen LogP contribution in [-0.2, 0) is 0 Å². The number of ether oxygens (including phenoxy) is 2. The van der Waals surface area contributed by atoms with E-state index in [-0.39, 0.29) is 39.0 Å². The lowest BCUT2D eigenvalue weighted by atomic mass is 10.1. The molecule has 3 aromatic carbocycles. The second-order valence-electron chi connectivity index (χ2n) is 6.89. The maximum absolute atomic E-state index is 12.4. The molecule has 3 rings (SSSR count). The van der Waals surface area contributed by atoms with E-state index in [2.05, 4.69) is 0 Å². The van der Waals surface area contributed by atoms with Crippen LogP contribution in [0.1, 0.15) is 31.8 Å². The molecule has 0 aliphatic heterocycles. The highest BCUT2D eigenvalue weighted by molar-refractivity contribution is 6.32. The van der Waals surface area contributed by atoms with Crippen molar-refractivity contribution in [3.8, 4) is 11.5 Å². The van der Waals surface area contributed by atoms with Gasteiger partial charge in [-0.3, -0.25) is 20.2 Å². The van der Waals surface area contributed by atoms with Gasteiger partial charge in [0.25, 0.3) is 11.4 Å². The number of esters is 2. The van der Waals surface area contributed by atoms with Crippen LogP contribution in [0, 0.1) is 34.1 Å². The molecule has 0 aliphatic rings. The number of hydrogen-bond acceptors (Lipinski definition) is 8. The molecule has 0 saturated carbocycles. The number of benzene rings is 3. The molecule has 0 unspecified atom stereocenters. The molecule has 0 fully saturated rings. The first-order chi connectivity index (χ1) is 15.6. The lowest BCUT2D eigenvalue weighted by Gasteiger charge is -2.09. The molecule has 33 heavy (non-hydrogen) atoms. The number of aryl methyl sites for hydroxylation is 2. The fourth-order valence-corrected chi connectivity index (χ4v) is 3.14. The molecular formula is C22H15ClN2O8. The van der Waals surface area contributed by atoms with Crippen molar-refractivity contribution in [1.29, 1.82) is 0 Å². The van der Waals surface area contributed by atoms with Gasteiger partial charge >= 0.3 is 11.9 Å². The zero-order valence-electron chi connectivity index (χ0n) is 17.2. The van der Waals surface area contributed by atoms with Gasteiger partial charge in [0.1, 0.15) is 11.5 Å². The van der Waals surface area contributed by atoms with Gasteiger partial charge in [-0.1, -0.05) is 11.6 Å². The maximum atomic E-state index is 12.4. The number of carbonyl (C=O) groups excluding carboxylic acids is 2. The number of hydrogen-bond donors (Lipinski definition) is 0. The average molecular weight is 471 g/mol. The predicted molar refractivity (Wildman–Crippen MR) is 117 cm³/mol. The van der Waals surface area contributed by atoms with Crippen molar-refractivity contribution in [3.05, 3.63) is 102 Å². The van der Waals surface area contributed by atoms with Gasteiger partial charge in [-0.25, -0.2) is 9.59 Å². The molecule has 0 aliphatic carbocycles. The van der Waals surface area contributed by atoms with Crippen molar-refractivity contribution in [2.45, 2.75) is 13.8 Å². The summed E-state index contributed by atoms with van der Waals surface area (Å²) < 4.78 is 10.5. The molecule has 0 bridgehead atoms. The number of rotatable bonds is 6. The van der Waals surface area contributed by atoms with Gasteiger partial charge in [0.2, 0.25) is 0 Å². The number of nitrogens with zero attached hydrogens (tertiary/aromatic N) is 2. The highest BCUT2D eigenvalue weighted by Gasteiger charge is 2.18. The Labute approximate surface area is 191 Å². The molecule has 0 amide bonds. The van der Waals surface area contributed by atoms with Crippen LogP contribution in [0.3, 0.4) is 0 Å². The van der Waals surface area contributed by atoms with E-state index < -0.39 is 21.8 Å². The molecule has 0 aromatic heterocycles. The second-order valence-corrected chi connectivity index (χ2v) is 7.30. The summed E-state index contributed by atoms with van der Waals surface area (Å²) in [6.07, 6.45) is 0. The Balaban J connectivity index is 1.72. The van der Waals surface area contributed by atoms with Gasteiger partial charge in [0, 0.05) is 29.3 Å². The van der Waals surface area contributed by atoms with Gasteiger partial charge < -0.3 is 9.47 Å². The highest BCUT2D eigenvalue weighted by atomic mass is 35.5. The summed E-state index contributed by atoms with van der Waals surface area (Å²) in [5, 5.41) is 21.8. The molecule has 168 valence electrons. The molecular weight excluding hydrogens is 456 g/mol. The normalized spacial score (nSPS) is 10.4. The summed E-state index contributed by atoms with van der Waals surface area (Å²) in [6.45, 7) is 3.00. The van der Waals surface area contributed by atoms with Crippen molar-refractivity contribution < 1.29 is 28.9 Å². The van der Waals surface area contributed by atoms with Gasteiger partial charge in [-0.15, -0.1) is 0 Å². The van der Waals surface area contributed by atoms with E-state index in [4.69, 9.17) is 21.1 Å². The van der Waals surface area contributed by atoms with Gasteiger partial charge in [-0.2, -0.15) is 0 Å². The third-order valence-electron chi connectivity index (χ3n) is 4.57. The monoisotopic (exact) mass is 470 g/mol. The standard InChI is InChI=1S/C22H15ClN2O8/c1-12-9-14(3-6-18(12)24(28)29)21(26)32-16-5-8-20(17(23)11-16)33-22(27)15-4-7-19(25(30)31)13(2)10-15/h3-11H,1-2H3. The number of carbonyl (C=O) groups is 2. The van der Waals surface area contributed by atoms with E-state index in [0.29, 0.717) is 11.1 Å². The Bertz CT molecular complexity index is 1310. The first kappa shape index (κ1) is 23.4. The van der Waals surface area contributed by atoms with Crippen LogP contribution in [-0.4, -0.2) is 21.8 Å². The van der Waals surface area contributed by atoms with Crippen molar-refractivity contribution >= 4 is 34.9 Å². The van der Waals surface area contributed by atoms with Crippen LogP contribution in [0.4, 0.5) is 11.4 Å². The second kappa shape index (κ2) is 9.45. The predicted octanol–water partition coefficient (Wildman–Crippen LogP) is 5.21. The van der Waals surface area contributed by atoms with Crippen LogP contribution < -0.4 is 9.47 Å². The molecule has 0 atom stereocenters. The van der Waals surface area contributed by atoms with Crippen LogP contribution in [0.2, 0.25) is 5.02 Å². The molecule has 0 saturated heterocycles. The molecule has 0 N–H and O–H groups in total. The first-order valence-electron chi connectivity index (χ1n) is 9.31. The fraction of sp³-hybridized carbons (Fsp3) is 0.0909. The Hall–Kier alpha value is -4.31. The van der Waals surface area contributed by atoms with Crippen LogP contribution in [0.25, 0.3) is 0 Å². The van der Waals surface area contributed by atoms with E-state index >= 15 is 0 Å². The number of halogens is 1. The summed E-state index contributed by atoms with van der Waals surface area (Å²) in [4.78, 5) is 45.4. The van der Waals surface area contributed by atoms with Crippen molar-refractivity contribution in [2.75, 3.05) is 0 Å². The Morgan fingerprint density at radius 1 is 0.758 bits per heavy atom. The van der Waals surface area contributed by atoms with Gasteiger partial charge in [0.15, 0.2) is 0 Å². The average Bonchev–Trinajstić information content (AvgIpc) is 2.74. The zero-order chi connectivity index (χ0) is 24.3. The minimum atomic E-state index is -0.777. The van der Waals surface area contributed by atoms with Crippen LogP contribution in [0.5, 0.6) is 11.5 Å². The van der Waals surface area contributed by atoms with Crippen molar-refractivity contribution in [3.63, 3.8) is 0 Å². The molecule has 10 nitrogen and oxygen atoms in total. The smallest absolute Gasteiger partial charge is 0.343 e. The summed E-state index contributed by atoms with van der Waals surface area (Å²) >= 11 is 6.14. The topological polar surface area (TPSA) is 139 Å². The first-order valence-corrected chi connectivity index (χ1v) is 9.68. The van der Waals surface area contributed by atoms with Crippen molar-refractivity contribution in [1.82, 2.24) is 0 Å². The molecule has 0 spiro atoms. The molecule has 3 aromatic rings. The van der Waals surface area contributed by atoms with Gasteiger partial charge in [-0.05, 0) is 50.2 Å². The van der Waals surface area contributed by atoms with Crippen molar-refractivity contribution in [2.24, 2.45) is 0 Å². The Kier molecular flexibility index (Phi) is 6.69. The van der Waals surface area contributed by atoms with Gasteiger partial charge in [0.05, 0.1) is 26.0 Å². The third kappa shape index (κ3) is 5.31. The Morgan fingerprint density at radius 2 is 1.24 bits per heavy atom. The lowest BCUT2D eigenvalue weighted by Crippen LogP contribution is -2.11. The fourth-order valence-electron chi connectivity index (χ4n) is 2.93. The quantitative estimate of drug-likeness (QED) is 0.207. The minimum absolute atomic E-state index is 0.0105. The Morgan fingerprint density at radius 3 is 1.67 bits per heavy atom. The van der Waals surface area contributed by atoms with E-state index in [1.165, 1.54) is 68.4 Å². The third-order valence-corrected chi connectivity index (χ3v) is 4.87. The minimum Gasteiger partial charge on any atom is -0.423 e. The number of nitro groups is 2. The summed E-state index contributed by atoms with van der Waals surface area (Å²) in [7, 11) is 0. The summed E-state index contributed by atoms with van der Waals surface area (Å²) in [5.74, 6) is -1.48. The summed E-state index contributed by atoms with van der Waals surface area (Å²) in [5.41, 5.74) is 0.555. The SMILES string of the molecule is Cc1cc(C(=O)Oc2ccc(OC(=O)c3ccc([N+](=O)[O-])c(C)c3)c(Cl)c2)ccc1[N+](=O)[O-]. The lowest BCUT2D eigenvalue weighted by molar-refractivity contribution is -0.385. The van der Waals surface area contributed by atoms with E-state index in [1.54, 1.807) is 0 Å². The van der Waals surface area contributed by atoms with E-state index in [1.807, 2.05) is 0 Å². The zero-order valence-corrected chi connectivity index (χ0v) is 18.0. The maximum Gasteiger partial charge on any atom is 0.343 e. The molecule has 0 radical (unpaired) electrons. The number of nitro benzene ring substituents is 2. The summed E-state index contributed by atoms with van der Waals surface area (Å²) in [6, 6.07) is 11.6. The largest absolute Gasteiger partial charge is 0.423 e. The van der Waals surface area contributed by atoms with Crippen LogP contribution in [0.15, 0.2) is 54.6 Å². The van der Waals surface area contributed by atoms with E-state index in [0.717, 1.165) is 0 Å². The van der Waals surface area contributed by atoms with E-state index in [9.17, 15) is 29.8 Å². The molecule has 11 heteroatoms. The molecule has 0 heterocycles. The highest BCUT2D eigenvalue weighted by Crippen LogP contribution is 2.30. The van der Waals surface area contributed by atoms with Crippen LogP contribution >= 0.6 is 11.6 Å².